The maximum atomic E-state index is 10.7. The lowest BCUT2D eigenvalue weighted by Gasteiger charge is -2.13. The molecule has 2 aromatic rings. The quantitative estimate of drug-likeness (QED) is 0.817. The highest BCUT2D eigenvalue weighted by atomic mass is 16.4. The van der Waals surface area contributed by atoms with Crippen molar-refractivity contribution in [1.82, 2.24) is 19.6 Å². The van der Waals surface area contributed by atoms with Crippen LogP contribution in [0.3, 0.4) is 0 Å². The van der Waals surface area contributed by atoms with Crippen molar-refractivity contribution in [2.45, 2.75) is 26.7 Å². The summed E-state index contributed by atoms with van der Waals surface area (Å²) < 4.78 is 1.84. The highest BCUT2D eigenvalue weighted by Crippen LogP contribution is 2.14. The van der Waals surface area contributed by atoms with E-state index in [2.05, 4.69) is 20.5 Å². The Morgan fingerprint density at radius 3 is 3.00 bits per heavy atom. The highest BCUT2D eigenvalue weighted by molar-refractivity contribution is 5.67. The zero-order chi connectivity index (χ0) is 13.8. The Labute approximate surface area is 110 Å². The number of hydrogen-bond donors (Lipinski definition) is 2. The molecule has 0 fully saturated rings. The summed E-state index contributed by atoms with van der Waals surface area (Å²) in [7, 11) is 0. The van der Waals surface area contributed by atoms with Gasteiger partial charge in [0.05, 0.1) is 0 Å². The second kappa shape index (κ2) is 5.64. The van der Waals surface area contributed by atoms with Gasteiger partial charge in [0.15, 0.2) is 5.82 Å². The number of nitrogens with one attached hydrogen (secondary N) is 1. The van der Waals surface area contributed by atoms with Gasteiger partial charge in [0.25, 0.3) is 0 Å². The maximum absolute atomic E-state index is 10.7. The first-order chi connectivity index (χ1) is 9.11. The van der Waals surface area contributed by atoms with E-state index in [1.807, 2.05) is 18.2 Å². The van der Waals surface area contributed by atoms with E-state index in [0.717, 1.165) is 12.2 Å². The number of rotatable bonds is 6. The van der Waals surface area contributed by atoms with E-state index in [0.29, 0.717) is 18.0 Å². The fourth-order valence-corrected chi connectivity index (χ4v) is 1.92. The van der Waals surface area contributed by atoms with Crippen LogP contribution in [0.5, 0.6) is 0 Å². The smallest absolute Gasteiger partial charge is 0.303 e. The molecule has 0 aliphatic rings. The van der Waals surface area contributed by atoms with E-state index in [-0.39, 0.29) is 12.3 Å². The summed E-state index contributed by atoms with van der Waals surface area (Å²) in [6, 6.07) is 0. The number of anilines is 1. The number of aromatic nitrogens is 4. The molecule has 0 aliphatic heterocycles. The predicted molar refractivity (Wildman–Crippen MR) is 70.0 cm³/mol. The molecule has 2 rings (SSSR count). The zero-order valence-electron chi connectivity index (χ0n) is 11.0. The van der Waals surface area contributed by atoms with Crippen LogP contribution in [0.2, 0.25) is 0 Å². The van der Waals surface area contributed by atoms with Crippen molar-refractivity contribution in [2.24, 2.45) is 5.92 Å². The summed E-state index contributed by atoms with van der Waals surface area (Å²) in [5, 5.41) is 20.0. The van der Waals surface area contributed by atoms with E-state index < -0.39 is 5.97 Å². The van der Waals surface area contributed by atoms with Gasteiger partial charge < -0.3 is 10.4 Å². The molecule has 0 spiro atoms. The molecule has 7 heteroatoms. The molecule has 1 atom stereocenters. The van der Waals surface area contributed by atoms with Crippen molar-refractivity contribution in [3.63, 3.8) is 0 Å². The van der Waals surface area contributed by atoms with Crippen molar-refractivity contribution in [1.29, 1.82) is 0 Å². The van der Waals surface area contributed by atoms with Gasteiger partial charge in [-0.15, -0.1) is 10.2 Å². The first-order valence-electron chi connectivity index (χ1n) is 6.23. The van der Waals surface area contributed by atoms with Crippen LogP contribution in [0.1, 0.15) is 25.6 Å². The van der Waals surface area contributed by atoms with Gasteiger partial charge in [-0.1, -0.05) is 13.3 Å². The van der Waals surface area contributed by atoms with Crippen LogP contribution < -0.4 is 5.32 Å². The van der Waals surface area contributed by atoms with Crippen molar-refractivity contribution < 1.29 is 9.90 Å². The third kappa shape index (κ3) is 2.98. The second-order valence-corrected chi connectivity index (χ2v) is 4.47. The molecule has 0 aromatic carbocycles. The third-order valence-corrected chi connectivity index (χ3v) is 3.10. The summed E-state index contributed by atoms with van der Waals surface area (Å²) in [5.41, 5.74) is 0.658. The van der Waals surface area contributed by atoms with E-state index in [4.69, 9.17) is 5.11 Å². The van der Waals surface area contributed by atoms with Crippen molar-refractivity contribution in [2.75, 3.05) is 11.9 Å². The standard InChI is InChI=1S/C12H17N5O2/c1-3-9(6-10(18)19)7-14-11-12-16-15-8(2)17(12)5-4-13-11/h4-5,9H,3,6-7H2,1-2H3,(H,13,14)(H,18,19). The summed E-state index contributed by atoms with van der Waals surface area (Å²) in [4.78, 5) is 14.9. The van der Waals surface area contributed by atoms with Crippen LogP contribution in [0, 0.1) is 12.8 Å². The Hall–Kier alpha value is -2.18. The minimum absolute atomic E-state index is 0.0728. The van der Waals surface area contributed by atoms with Crippen LogP contribution in [0.4, 0.5) is 5.82 Å². The van der Waals surface area contributed by atoms with Crippen molar-refractivity contribution in [3.8, 4) is 0 Å². The minimum atomic E-state index is -0.779. The Morgan fingerprint density at radius 1 is 1.53 bits per heavy atom. The fourth-order valence-electron chi connectivity index (χ4n) is 1.92. The largest absolute Gasteiger partial charge is 0.481 e. The Kier molecular flexibility index (Phi) is 3.94. The molecule has 2 heterocycles. The van der Waals surface area contributed by atoms with E-state index >= 15 is 0 Å². The van der Waals surface area contributed by atoms with Crippen molar-refractivity contribution in [3.05, 3.63) is 18.2 Å². The van der Waals surface area contributed by atoms with Crippen LogP contribution in [-0.4, -0.2) is 37.2 Å². The molecular formula is C12H17N5O2. The molecule has 0 saturated heterocycles. The zero-order valence-corrected chi connectivity index (χ0v) is 11.0. The average molecular weight is 263 g/mol. The fraction of sp³-hybridized carbons (Fsp3) is 0.500. The normalized spacial score (nSPS) is 12.5. The van der Waals surface area contributed by atoms with E-state index in [9.17, 15) is 4.79 Å². The highest BCUT2D eigenvalue weighted by Gasteiger charge is 2.13. The minimum Gasteiger partial charge on any atom is -0.481 e. The Balaban J connectivity index is 2.11. The number of aliphatic carboxylic acids is 1. The molecule has 0 amide bonds. The lowest BCUT2D eigenvalue weighted by molar-refractivity contribution is -0.138. The predicted octanol–water partition coefficient (Wildman–Crippen LogP) is 1.35. The lowest BCUT2D eigenvalue weighted by Crippen LogP contribution is -2.18. The molecule has 102 valence electrons. The first-order valence-corrected chi connectivity index (χ1v) is 6.23. The lowest BCUT2D eigenvalue weighted by atomic mass is 10.0. The molecule has 0 aliphatic carbocycles. The molecule has 0 radical (unpaired) electrons. The van der Waals surface area contributed by atoms with Gasteiger partial charge in [-0.05, 0) is 12.8 Å². The molecule has 2 N–H and O–H groups in total. The number of carbonyl (C=O) groups is 1. The number of carboxylic acids is 1. The molecule has 2 aromatic heterocycles. The van der Waals surface area contributed by atoms with Crippen LogP contribution in [0.25, 0.3) is 5.65 Å². The van der Waals surface area contributed by atoms with Gasteiger partial charge >= 0.3 is 5.97 Å². The number of aryl methyl sites for hydroxylation is 1. The van der Waals surface area contributed by atoms with Gasteiger partial charge in [0.1, 0.15) is 5.82 Å². The number of nitrogens with zero attached hydrogens (tertiary/aromatic N) is 4. The number of fused-ring (bicyclic) bond motifs is 1. The van der Waals surface area contributed by atoms with Crippen LogP contribution in [0.15, 0.2) is 12.4 Å². The van der Waals surface area contributed by atoms with E-state index in [1.165, 1.54) is 0 Å². The molecule has 7 nitrogen and oxygen atoms in total. The monoisotopic (exact) mass is 263 g/mol. The average Bonchev–Trinajstić information content (AvgIpc) is 2.77. The maximum Gasteiger partial charge on any atom is 0.303 e. The summed E-state index contributed by atoms with van der Waals surface area (Å²) in [5.74, 6) is 0.715. The molecule has 19 heavy (non-hydrogen) atoms. The van der Waals surface area contributed by atoms with Gasteiger partial charge in [-0.25, -0.2) is 4.98 Å². The topological polar surface area (TPSA) is 92.4 Å². The van der Waals surface area contributed by atoms with Crippen LogP contribution in [-0.2, 0) is 4.79 Å². The van der Waals surface area contributed by atoms with E-state index in [1.54, 1.807) is 12.4 Å². The number of carboxylic acid groups (broad SMARTS) is 1. The van der Waals surface area contributed by atoms with Gasteiger partial charge in [-0.2, -0.15) is 0 Å². The molecule has 1 unspecified atom stereocenters. The van der Waals surface area contributed by atoms with Gasteiger partial charge in [-0.3, -0.25) is 9.20 Å². The Morgan fingerprint density at radius 2 is 2.32 bits per heavy atom. The summed E-state index contributed by atoms with van der Waals surface area (Å²) in [6.45, 7) is 4.40. The summed E-state index contributed by atoms with van der Waals surface area (Å²) in [6.07, 6.45) is 4.42. The third-order valence-electron chi connectivity index (χ3n) is 3.10. The second-order valence-electron chi connectivity index (χ2n) is 4.47. The summed E-state index contributed by atoms with van der Waals surface area (Å²) >= 11 is 0. The molecular weight excluding hydrogens is 246 g/mol. The molecule has 0 bridgehead atoms. The van der Waals surface area contributed by atoms with Crippen LogP contribution >= 0.6 is 0 Å². The van der Waals surface area contributed by atoms with Gasteiger partial charge in [0.2, 0.25) is 5.65 Å². The van der Waals surface area contributed by atoms with Crippen molar-refractivity contribution >= 4 is 17.4 Å². The molecule has 0 saturated carbocycles. The Bertz CT molecular complexity index is 581. The first kappa shape index (κ1) is 13.3. The van der Waals surface area contributed by atoms with Gasteiger partial charge in [0, 0.05) is 25.4 Å². The SMILES string of the molecule is CCC(CNc1nccn2c(C)nnc12)CC(=O)O. The number of hydrogen-bond acceptors (Lipinski definition) is 5.